The average molecular weight is 337 g/mol. The summed E-state index contributed by atoms with van der Waals surface area (Å²) in [6.07, 6.45) is 3.66. The third kappa shape index (κ3) is 3.67. The summed E-state index contributed by atoms with van der Waals surface area (Å²) in [6.45, 7) is 0.641. The summed E-state index contributed by atoms with van der Waals surface area (Å²) in [5.74, 6) is -0.592. The summed E-state index contributed by atoms with van der Waals surface area (Å²) in [5, 5.41) is 13.7. The number of carbonyl (C=O) groups is 2. The number of hydrogen-bond donors (Lipinski definition) is 2. The molecule has 2 N–H and O–H groups in total. The van der Waals surface area contributed by atoms with Crippen molar-refractivity contribution in [1.82, 2.24) is 5.32 Å². The zero-order chi connectivity index (χ0) is 16.4. The molecule has 0 bridgehead atoms. The normalized spacial score (nSPS) is 23.3. The van der Waals surface area contributed by atoms with Crippen molar-refractivity contribution in [2.45, 2.75) is 37.7 Å². The SMILES string of the molecule is O=C(NCC1(O)CCCC1)C1CC(=O)N(c2ccc(Cl)cc2)C1. The van der Waals surface area contributed by atoms with Gasteiger partial charge >= 0.3 is 0 Å². The second-order valence-corrected chi connectivity index (χ2v) is 6.97. The Labute approximate surface area is 140 Å². The number of rotatable bonds is 4. The van der Waals surface area contributed by atoms with Gasteiger partial charge in [0.25, 0.3) is 0 Å². The van der Waals surface area contributed by atoms with Gasteiger partial charge in [0.1, 0.15) is 0 Å². The van der Waals surface area contributed by atoms with E-state index in [1.165, 1.54) is 0 Å². The van der Waals surface area contributed by atoms with Crippen LogP contribution < -0.4 is 10.2 Å². The van der Waals surface area contributed by atoms with Crippen molar-refractivity contribution in [1.29, 1.82) is 0 Å². The third-order valence-electron chi connectivity index (χ3n) is 4.76. The molecule has 1 aromatic carbocycles. The van der Waals surface area contributed by atoms with Crippen molar-refractivity contribution in [3.63, 3.8) is 0 Å². The van der Waals surface area contributed by atoms with Crippen molar-refractivity contribution in [2.24, 2.45) is 5.92 Å². The molecule has 2 aliphatic rings. The summed E-state index contributed by atoms with van der Waals surface area (Å²) in [5.41, 5.74) is -0.0159. The average Bonchev–Trinajstić information content (AvgIpc) is 3.13. The van der Waals surface area contributed by atoms with Crippen molar-refractivity contribution in [3.8, 4) is 0 Å². The van der Waals surface area contributed by atoms with E-state index in [4.69, 9.17) is 11.6 Å². The topological polar surface area (TPSA) is 69.6 Å². The Morgan fingerprint density at radius 3 is 2.61 bits per heavy atom. The standard InChI is InChI=1S/C17H21ClN2O3/c18-13-3-5-14(6-4-13)20-10-12(9-15(20)21)16(22)19-11-17(23)7-1-2-8-17/h3-6,12,23H,1-2,7-11H2,(H,19,22). The van der Waals surface area contributed by atoms with Crippen LogP contribution >= 0.6 is 11.6 Å². The number of aliphatic hydroxyl groups is 1. The Morgan fingerprint density at radius 1 is 1.30 bits per heavy atom. The molecule has 1 saturated carbocycles. The first-order chi connectivity index (χ1) is 11.0. The van der Waals surface area contributed by atoms with Crippen LogP contribution in [-0.2, 0) is 9.59 Å². The molecule has 124 valence electrons. The molecule has 1 saturated heterocycles. The Hall–Kier alpha value is -1.59. The first kappa shape index (κ1) is 16.3. The maximum atomic E-state index is 12.3. The summed E-state index contributed by atoms with van der Waals surface area (Å²) in [7, 11) is 0. The Balaban J connectivity index is 1.58. The fourth-order valence-electron chi connectivity index (χ4n) is 3.36. The molecule has 6 heteroatoms. The van der Waals surface area contributed by atoms with Crippen LogP contribution in [-0.4, -0.2) is 35.6 Å². The van der Waals surface area contributed by atoms with Gasteiger partial charge < -0.3 is 15.3 Å². The highest BCUT2D eigenvalue weighted by Crippen LogP contribution is 2.29. The highest BCUT2D eigenvalue weighted by Gasteiger charge is 2.37. The van der Waals surface area contributed by atoms with Crippen LogP contribution in [0.2, 0.25) is 5.02 Å². The predicted octanol–water partition coefficient (Wildman–Crippen LogP) is 2.11. The molecule has 1 aliphatic heterocycles. The molecule has 0 aromatic heterocycles. The fourth-order valence-corrected chi connectivity index (χ4v) is 3.49. The van der Waals surface area contributed by atoms with E-state index in [9.17, 15) is 14.7 Å². The number of nitrogens with one attached hydrogen (secondary N) is 1. The van der Waals surface area contributed by atoms with E-state index in [0.29, 0.717) is 11.6 Å². The number of amides is 2. The zero-order valence-corrected chi connectivity index (χ0v) is 13.7. The zero-order valence-electron chi connectivity index (χ0n) is 12.9. The van der Waals surface area contributed by atoms with Crippen molar-refractivity contribution in [3.05, 3.63) is 29.3 Å². The lowest BCUT2D eigenvalue weighted by atomic mass is 10.0. The van der Waals surface area contributed by atoms with E-state index >= 15 is 0 Å². The monoisotopic (exact) mass is 336 g/mol. The minimum Gasteiger partial charge on any atom is -0.388 e. The quantitative estimate of drug-likeness (QED) is 0.884. The van der Waals surface area contributed by atoms with Crippen LogP contribution in [0, 0.1) is 5.92 Å². The minimum absolute atomic E-state index is 0.0629. The highest BCUT2D eigenvalue weighted by atomic mass is 35.5. The molecule has 1 aromatic rings. The van der Waals surface area contributed by atoms with Gasteiger partial charge in [-0.15, -0.1) is 0 Å². The van der Waals surface area contributed by atoms with E-state index in [1.807, 2.05) is 0 Å². The summed E-state index contributed by atoms with van der Waals surface area (Å²) < 4.78 is 0. The van der Waals surface area contributed by atoms with E-state index in [1.54, 1.807) is 29.2 Å². The number of benzene rings is 1. The minimum atomic E-state index is -0.770. The van der Waals surface area contributed by atoms with Crippen LogP contribution in [0.5, 0.6) is 0 Å². The van der Waals surface area contributed by atoms with Crippen LogP contribution in [0.4, 0.5) is 5.69 Å². The molecule has 0 radical (unpaired) electrons. The molecule has 1 unspecified atom stereocenters. The van der Waals surface area contributed by atoms with Crippen molar-refractivity contribution < 1.29 is 14.7 Å². The summed E-state index contributed by atoms with van der Waals surface area (Å²) in [6, 6.07) is 7.02. The predicted molar refractivity (Wildman–Crippen MR) is 88.3 cm³/mol. The first-order valence-corrected chi connectivity index (χ1v) is 8.41. The summed E-state index contributed by atoms with van der Waals surface area (Å²) >= 11 is 5.86. The van der Waals surface area contributed by atoms with Gasteiger partial charge in [0, 0.05) is 30.2 Å². The van der Waals surface area contributed by atoms with Crippen LogP contribution in [0.25, 0.3) is 0 Å². The fraction of sp³-hybridized carbons (Fsp3) is 0.529. The number of hydrogen-bond acceptors (Lipinski definition) is 3. The van der Waals surface area contributed by atoms with Crippen LogP contribution in [0.1, 0.15) is 32.1 Å². The molecule has 2 amide bonds. The van der Waals surface area contributed by atoms with Crippen molar-refractivity contribution >= 4 is 29.1 Å². The number of halogens is 1. The highest BCUT2D eigenvalue weighted by molar-refractivity contribution is 6.30. The second-order valence-electron chi connectivity index (χ2n) is 6.53. The Morgan fingerprint density at radius 2 is 1.96 bits per heavy atom. The van der Waals surface area contributed by atoms with E-state index in [0.717, 1.165) is 31.4 Å². The maximum Gasteiger partial charge on any atom is 0.227 e. The molecule has 1 aliphatic carbocycles. The molecule has 23 heavy (non-hydrogen) atoms. The van der Waals surface area contributed by atoms with E-state index < -0.39 is 5.60 Å². The number of anilines is 1. The lowest BCUT2D eigenvalue weighted by Gasteiger charge is -2.23. The maximum absolute atomic E-state index is 12.3. The van der Waals surface area contributed by atoms with Crippen molar-refractivity contribution in [2.75, 3.05) is 18.0 Å². The van der Waals surface area contributed by atoms with Crippen LogP contribution in [0.3, 0.4) is 0 Å². The van der Waals surface area contributed by atoms with Gasteiger partial charge in [-0.3, -0.25) is 9.59 Å². The molecule has 1 atom stereocenters. The third-order valence-corrected chi connectivity index (χ3v) is 5.01. The molecule has 2 fully saturated rings. The van der Waals surface area contributed by atoms with Gasteiger partial charge in [-0.1, -0.05) is 24.4 Å². The number of carbonyl (C=O) groups excluding carboxylic acids is 2. The first-order valence-electron chi connectivity index (χ1n) is 8.03. The van der Waals surface area contributed by atoms with Gasteiger partial charge in [0.15, 0.2) is 0 Å². The lowest BCUT2D eigenvalue weighted by molar-refractivity contribution is -0.127. The molecular weight excluding hydrogens is 316 g/mol. The Kier molecular flexibility index (Phi) is 4.60. The van der Waals surface area contributed by atoms with Gasteiger partial charge in [-0.2, -0.15) is 0 Å². The largest absolute Gasteiger partial charge is 0.388 e. The molecule has 5 nitrogen and oxygen atoms in total. The molecule has 0 spiro atoms. The summed E-state index contributed by atoms with van der Waals surface area (Å²) in [4.78, 5) is 26.1. The molecular formula is C17H21ClN2O3. The number of nitrogens with zero attached hydrogens (tertiary/aromatic N) is 1. The van der Waals surface area contributed by atoms with E-state index in [-0.39, 0.29) is 30.7 Å². The smallest absolute Gasteiger partial charge is 0.227 e. The van der Waals surface area contributed by atoms with Gasteiger partial charge in [0.05, 0.1) is 11.5 Å². The Bertz CT molecular complexity index is 596. The van der Waals surface area contributed by atoms with Gasteiger partial charge in [-0.05, 0) is 37.1 Å². The molecule has 3 rings (SSSR count). The second kappa shape index (κ2) is 6.49. The van der Waals surface area contributed by atoms with Gasteiger partial charge in [-0.25, -0.2) is 0 Å². The van der Waals surface area contributed by atoms with E-state index in [2.05, 4.69) is 5.32 Å². The van der Waals surface area contributed by atoms with Crippen LogP contribution in [0.15, 0.2) is 24.3 Å². The van der Waals surface area contributed by atoms with Gasteiger partial charge in [0.2, 0.25) is 11.8 Å². The molecule has 1 heterocycles. The lowest BCUT2D eigenvalue weighted by Crippen LogP contribution is -2.43.